The van der Waals surface area contributed by atoms with E-state index >= 15 is 0 Å². The first-order valence-electron chi connectivity index (χ1n) is 7.47. The fourth-order valence-corrected chi connectivity index (χ4v) is 2.87. The molecule has 1 aliphatic carbocycles. The monoisotopic (exact) mass is 255 g/mol. The Balaban J connectivity index is 2.28. The van der Waals surface area contributed by atoms with Gasteiger partial charge in [-0.15, -0.1) is 0 Å². The van der Waals surface area contributed by atoms with Gasteiger partial charge in [-0.05, 0) is 43.4 Å². The minimum atomic E-state index is 0.211. The number of hydrogen-bond donors (Lipinski definition) is 2. The summed E-state index contributed by atoms with van der Waals surface area (Å²) >= 11 is 0. The summed E-state index contributed by atoms with van der Waals surface area (Å²) in [5, 5.41) is 12.2. The number of hydrogen-bond acceptors (Lipinski definition) is 2. The van der Waals surface area contributed by atoms with Gasteiger partial charge in [0.2, 0.25) is 5.91 Å². The first kappa shape index (κ1) is 15.5. The molecule has 1 atom stereocenters. The minimum Gasteiger partial charge on any atom is -0.396 e. The van der Waals surface area contributed by atoms with Crippen LogP contribution in [0.5, 0.6) is 0 Å². The maximum atomic E-state index is 12.0. The first-order chi connectivity index (χ1) is 8.56. The molecular weight excluding hydrogens is 226 g/mol. The molecular formula is C15H29NO2. The molecule has 0 saturated heterocycles. The van der Waals surface area contributed by atoms with Crippen LogP contribution in [0.2, 0.25) is 0 Å². The van der Waals surface area contributed by atoms with Crippen LogP contribution in [0.3, 0.4) is 0 Å². The summed E-state index contributed by atoms with van der Waals surface area (Å²) in [6.45, 7) is 6.83. The van der Waals surface area contributed by atoms with Crippen LogP contribution < -0.4 is 5.32 Å². The van der Waals surface area contributed by atoms with E-state index in [0.29, 0.717) is 36.8 Å². The van der Waals surface area contributed by atoms with Crippen LogP contribution >= 0.6 is 0 Å². The van der Waals surface area contributed by atoms with E-state index < -0.39 is 0 Å². The molecule has 0 aliphatic heterocycles. The molecule has 0 aromatic carbocycles. The Kier molecular flexibility index (Phi) is 6.69. The molecule has 1 unspecified atom stereocenters. The van der Waals surface area contributed by atoms with Crippen LogP contribution in [-0.4, -0.2) is 23.7 Å². The Hall–Kier alpha value is -0.570. The van der Waals surface area contributed by atoms with E-state index in [1.165, 1.54) is 0 Å². The standard InChI is InChI=1S/C15H29NO2/c1-4-13(11(2)3)9-15(18)16-14-7-5-12(10-17)6-8-14/h11-14,17H,4-10H2,1-3H3,(H,16,18). The number of aliphatic hydroxyl groups is 1. The van der Waals surface area contributed by atoms with Gasteiger partial charge in [0.1, 0.15) is 0 Å². The molecule has 0 bridgehead atoms. The normalized spacial score (nSPS) is 26.1. The second-order valence-electron chi connectivity index (χ2n) is 6.08. The van der Waals surface area contributed by atoms with E-state index in [2.05, 4.69) is 26.1 Å². The zero-order chi connectivity index (χ0) is 13.5. The molecule has 1 amide bonds. The van der Waals surface area contributed by atoms with Crippen molar-refractivity contribution >= 4 is 5.91 Å². The van der Waals surface area contributed by atoms with Gasteiger partial charge in [0, 0.05) is 19.1 Å². The number of amides is 1. The molecule has 1 rings (SSSR count). The summed E-state index contributed by atoms with van der Waals surface area (Å²) in [6.07, 6.45) is 5.87. The van der Waals surface area contributed by atoms with Crippen molar-refractivity contribution in [1.29, 1.82) is 0 Å². The van der Waals surface area contributed by atoms with Gasteiger partial charge in [-0.25, -0.2) is 0 Å². The van der Waals surface area contributed by atoms with Crippen molar-refractivity contribution in [3.63, 3.8) is 0 Å². The predicted molar refractivity (Wildman–Crippen MR) is 74.2 cm³/mol. The van der Waals surface area contributed by atoms with Crippen LogP contribution in [0.25, 0.3) is 0 Å². The number of aliphatic hydroxyl groups excluding tert-OH is 1. The molecule has 0 spiro atoms. The minimum absolute atomic E-state index is 0.211. The molecule has 0 aromatic heterocycles. The highest BCUT2D eigenvalue weighted by Crippen LogP contribution is 2.24. The highest BCUT2D eigenvalue weighted by Gasteiger charge is 2.23. The Labute approximate surface area is 111 Å². The molecule has 1 saturated carbocycles. The van der Waals surface area contributed by atoms with E-state index in [1.54, 1.807) is 0 Å². The fraction of sp³-hybridized carbons (Fsp3) is 0.933. The van der Waals surface area contributed by atoms with Crippen LogP contribution in [0.15, 0.2) is 0 Å². The molecule has 3 nitrogen and oxygen atoms in total. The zero-order valence-electron chi connectivity index (χ0n) is 12.1. The smallest absolute Gasteiger partial charge is 0.220 e. The van der Waals surface area contributed by atoms with Gasteiger partial charge in [-0.2, -0.15) is 0 Å². The lowest BCUT2D eigenvalue weighted by Gasteiger charge is -2.28. The molecule has 0 heterocycles. The molecule has 0 radical (unpaired) electrons. The highest BCUT2D eigenvalue weighted by molar-refractivity contribution is 5.76. The highest BCUT2D eigenvalue weighted by atomic mass is 16.3. The van der Waals surface area contributed by atoms with E-state index in [1.807, 2.05) is 0 Å². The molecule has 1 aliphatic rings. The third kappa shape index (κ3) is 4.97. The van der Waals surface area contributed by atoms with Gasteiger partial charge in [-0.3, -0.25) is 4.79 Å². The van der Waals surface area contributed by atoms with Gasteiger partial charge in [0.15, 0.2) is 0 Å². The lowest BCUT2D eigenvalue weighted by Crippen LogP contribution is -2.39. The van der Waals surface area contributed by atoms with Crippen LogP contribution in [0, 0.1) is 17.8 Å². The zero-order valence-corrected chi connectivity index (χ0v) is 12.1. The number of carbonyl (C=O) groups excluding carboxylic acids is 1. The maximum absolute atomic E-state index is 12.0. The van der Waals surface area contributed by atoms with Crippen molar-refractivity contribution < 1.29 is 9.90 Å². The molecule has 3 heteroatoms. The summed E-state index contributed by atoms with van der Waals surface area (Å²) in [6, 6.07) is 0.338. The van der Waals surface area contributed by atoms with Gasteiger partial charge in [0.05, 0.1) is 0 Å². The average molecular weight is 255 g/mol. The van der Waals surface area contributed by atoms with E-state index in [-0.39, 0.29) is 5.91 Å². The topological polar surface area (TPSA) is 49.3 Å². The Morgan fingerprint density at radius 1 is 1.28 bits per heavy atom. The Bertz CT molecular complexity index is 245. The molecule has 1 fully saturated rings. The van der Waals surface area contributed by atoms with E-state index in [0.717, 1.165) is 32.1 Å². The lowest BCUT2D eigenvalue weighted by atomic mass is 9.86. The van der Waals surface area contributed by atoms with Gasteiger partial charge >= 0.3 is 0 Å². The summed E-state index contributed by atoms with van der Waals surface area (Å²) in [4.78, 5) is 12.0. The molecule has 18 heavy (non-hydrogen) atoms. The number of carbonyl (C=O) groups is 1. The van der Waals surface area contributed by atoms with Crippen molar-refractivity contribution in [1.82, 2.24) is 5.32 Å². The van der Waals surface area contributed by atoms with Gasteiger partial charge < -0.3 is 10.4 Å². The largest absolute Gasteiger partial charge is 0.396 e. The second-order valence-corrected chi connectivity index (χ2v) is 6.08. The lowest BCUT2D eigenvalue weighted by molar-refractivity contribution is -0.123. The summed E-state index contributed by atoms with van der Waals surface area (Å²) in [5.41, 5.74) is 0. The third-order valence-electron chi connectivity index (χ3n) is 4.38. The first-order valence-corrected chi connectivity index (χ1v) is 7.47. The van der Waals surface area contributed by atoms with Crippen molar-refractivity contribution in [2.75, 3.05) is 6.61 Å². The maximum Gasteiger partial charge on any atom is 0.220 e. The Morgan fingerprint density at radius 2 is 1.89 bits per heavy atom. The van der Waals surface area contributed by atoms with E-state index in [4.69, 9.17) is 5.11 Å². The number of rotatable bonds is 6. The second kappa shape index (κ2) is 7.78. The summed E-state index contributed by atoms with van der Waals surface area (Å²) < 4.78 is 0. The number of nitrogens with one attached hydrogen (secondary N) is 1. The van der Waals surface area contributed by atoms with Gasteiger partial charge in [-0.1, -0.05) is 27.2 Å². The average Bonchev–Trinajstić information content (AvgIpc) is 2.36. The van der Waals surface area contributed by atoms with Crippen molar-refractivity contribution in [2.45, 2.75) is 65.3 Å². The van der Waals surface area contributed by atoms with Crippen LogP contribution in [0.4, 0.5) is 0 Å². The molecule has 106 valence electrons. The van der Waals surface area contributed by atoms with Crippen LogP contribution in [-0.2, 0) is 4.79 Å². The SMILES string of the molecule is CCC(CC(=O)NC1CCC(CO)CC1)C(C)C. The summed E-state index contributed by atoms with van der Waals surface area (Å²) in [5.74, 6) is 1.74. The van der Waals surface area contributed by atoms with Crippen molar-refractivity contribution in [2.24, 2.45) is 17.8 Å². The molecule has 2 N–H and O–H groups in total. The quantitative estimate of drug-likeness (QED) is 0.766. The molecule has 0 aromatic rings. The summed E-state index contributed by atoms with van der Waals surface area (Å²) in [7, 11) is 0. The Morgan fingerprint density at radius 3 is 2.33 bits per heavy atom. The van der Waals surface area contributed by atoms with Crippen LogP contribution in [0.1, 0.15) is 59.3 Å². The van der Waals surface area contributed by atoms with Crippen molar-refractivity contribution in [3.8, 4) is 0 Å². The van der Waals surface area contributed by atoms with Gasteiger partial charge in [0.25, 0.3) is 0 Å². The fourth-order valence-electron chi connectivity index (χ4n) is 2.87. The predicted octanol–water partition coefficient (Wildman–Crippen LogP) is 2.73. The third-order valence-corrected chi connectivity index (χ3v) is 4.38. The van der Waals surface area contributed by atoms with Crippen molar-refractivity contribution in [3.05, 3.63) is 0 Å². The van der Waals surface area contributed by atoms with E-state index in [9.17, 15) is 4.79 Å².